The number of allylic oxidation sites excluding steroid dienone is 1. The molecule has 2 N–H and O–H groups in total. The minimum atomic E-state index is -0.694. The Bertz CT molecular complexity index is 1250. The monoisotopic (exact) mass is 498 g/mol. The molecule has 0 radical (unpaired) electrons. The van der Waals surface area contributed by atoms with Crippen molar-refractivity contribution >= 4 is 35.4 Å². The highest BCUT2D eigenvalue weighted by atomic mass is 32.2. The second-order valence-electron chi connectivity index (χ2n) is 8.59. The van der Waals surface area contributed by atoms with Gasteiger partial charge in [0.25, 0.3) is 11.8 Å². The largest absolute Gasteiger partial charge is 0.344 e. The topological polar surface area (TPSA) is 126 Å². The van der Waals surface area contributed by atoms with Crippen LogP contribution in [-0.4, -0.2) is 67.6 Å². The zero-order valence-electron chi connectivity index (χ0n) is 18.8. The van der Waals surface area contributed by atoms with Crippen LogP contribution in [0.4, 0.5) is 4.39 Å². The molecule has 3 aliphatic heterocycles. The summed E-state index contributed by atoms with van der Waals surface area (Å²) in [7, 11) is 0. The summed E-state index contributed by atoms with van der Waals surface area (Å²) < 4.78 is 15.7. The Morgan fingerprint density at radius 3 is 2.77 bits per heavy atom. The average molecular weight is 499 g/mol. The maximum absolute atomic E-state index is 14.3. The number of imide groups is 1. The lowest BCUT2D eigenvalue weighted by molar-refractivity contribution is -0.136. The molecule has 2 fully saturated rings. The molecule has 35 heavy (non-hydrogen) atoms. The summed E-state index contributed by atoms with van der Waals surface area (Å²) in [6.07, 6.45) is 3.31. The van der Waals surface area contributed by atoms with Crippen LogP contribution in [0.1, 0.15) is 52.1 Å². The van der Waals surface area contributed by atoms with Crippen molar-refractivity contribution in [3.05, 3.63) is 52.6 Å². The first-order valence-corrected chi connectivity index (χ1v) is 12.5. The summed E-state index contributed by atoms with van der Waals surface area (Å²) in [5, 5.41) is 12.7. The first kappa shape index (κ1) is 23.2. The van der Waals surface area contributed by atoms with Crippen LogP contribution < -0.4 is 10.6 Å². The van der Waals surface area contributed by atoms with E-state index in [1.807, 2.05) is 0 Å². The number of rotatable bonds is 5. The van der Waals surface area contributed by atoms with Crippen LogP contribution in [0.5, 0.6) is 0 Å². The van der Waals surface area contributed by atoms with Gasteiger partial charge in [0.05, 0.1) is 18.4 Å². The van der Waals surface area contributed by atoms with Gasteiger partial charge in [0, 0.05) is 18.5 Å². The van der Waals surface area contributed by atoms with Gasteiger partial charge in [-0.1, -0.05) is 5.21 Å². The molecule has 1 unspecified atom stereocenters. The minimum absolute atomic E-state index is 0.0451. The van der Waals surface area contributed by atoms with Gasteiger partial charge in [-0.3, -0.25) is 24.5 Å². The summed E-state index contributed by atoms with van der Waals surface area (Å²) in [5.41, 5.74) is 2.57. The Labute approximate surface area is 204 Å². The van der Waals surface area contributed by atoms with E-state index in [4.69, 9.17) is 0 Å². The van der Waals surface area contributed by atoms with Crippen LogP contribution in [-0.2, 0) is 16.1 Å². The Morgan fingerprint density at radius 1 is 1.20 bits per heavy atom. The molecule has 5 rings (SSSR count). The lowest BCUT2D eigenvalue weighted by Crippen LogP contribution is -2.52. The van der Waals surface area contributed by atoms with Crippen LogP contribution in [0.15, 0.2) is 35.8 Å². The van der Waals surface area contributed by atoms with Gasteiger partial charge < -0.3 is 10.2 Å². The molecule has 10 nitrogen and oxygen atoms in total. The van der Waals surface area contributed by atoms with E-state index in [2.05, 4.69) is 20.9 Å². The number of piperidine rings is 1. The van der Waals surface area contributed by atoms with Crippen molar-refractivity contribution in [2.45, 2.75) is 38.3 Å². The fourth-order valence-electron chi connectivity index (χ4n) is 4.46. The zero-order chi connectivity index (χ0) is 24.5. The number of benzene rings is 1. The predicted molar refractivity (Wildman–Crippen MR) is 124 cm³/mol. The smallest absolute Gasteiger partial charge is 0.273 e. The van der Waals surface area contributed by atoms with E-state index < -0.39 is 17.9 Å². The van der Waals surface area contributed by atoms with E-state index in [0.717, 1.165) is 17.1 Å². The maximum atomic E-state index is 14.3. The third-order valence-electron chi connectivity index (χ3n) is 6.38. The van der Waals surface area contributed by atoms with Crippen molar-refractivity contribution in [2.75, 3.05) is 18.1 Å². The van der Waals surface area contributed by atoms with Gasteiger partial charge >= 0.3 is 0 Å². The normalized spacial score (nSPS) is 20.0. The molecule has 1 atom stereocenters. The van der Waals surface area contributed by atoms with Gasteiger partial charge in [0.1, 0.15) is 11.9 Å². The summed E-state index contributed by atoms with van der Waals surface area (Å²) in [6, 6.07) is 4.37. The molecule has 2 aromatic rings. The van der Waals surface area contributed by atoms with Gasteiger partial charge in [-0.25, -0.2) is 9.07 Å². The minimum Gasteiger partial charge on any atom is -0.344 e. The highest BCUT2D eigenvalue weighted by molar-refractivity contribution is 7.99. The molecule has 182 valence electrons. The molecule has 0 saturated carbocycles. The predicted octanol–water partition coefficient (Wildman–Crippen LogP) is 1.51. The Kier molecular flexibility index (Phi) is 6.37. The lowest BCUT2D eigenvalue weighted by atomic mass is 10.0. The zero-order valence-corrected chi connectivity index (χ0v) is 19.6. The third-order valence-corrected chi connectivity index (χ3v) is 7.37. The molecule has 4 amide bonds. The lowest BCUT2D eigenvalue weighted by Gasteiger charge is -2.29. The number of fused-ring (bicyclic) bond motifs is 1. The molecular formula is C23H23FN6O4S. The van der Waals surface area contributed by atoms with Crippen LogP contribution in [0, 0.1) is 0 Å². The van der Waals surface area contributed by atoms with Gasteiger partial charge in [-0.2, -0.15) is 11.8 Å². The van der Waals surface area contributed by atoms with Crippen molar-refractivity contribution in [3.8, 4) is 5.69 Å². The van der Waals surface area contributed by atoms with Gasteiger partial charge in [-0.05, 0) is 60.1 Å². The highest BCUT2D eigenvalue weighted by Crippen LogP contribution is 2.29. The van der Waals surface area contributed by atoms with E-state index >= 15 is 0 Å². The maximum Gasteiger partial charge on any atom is 0.273 e. The number of thioether (sulfide) groups is 1. The van der Waals surface area contributed by atoms with E-state index in [1.54, 1.807) is 30.0 Å². The van der Waals surface area contributed by atoms with Gasteiger partial charge in [0.2, 0.25) is 11.8 Å². The molecule has 3 aliphatic rings. The fourth-order valence-corrected chi connectivity index (χ4v) is 5.45. The number of hydrogen-bond acceptors (Lipinski definition) is 7. The summed E-state index contributed by atoms with van der Waals surface area (Å²) in [5.74, 6) is -0.120. The number of carbonyl (C=O) groups is 4. The second kappa shape index (κ2) is 9.61. The molecule has 0 aliphatic carbocycles. The second-order valence-corrected chi connectivity index (χ2v) is 9.82. The van der Waals surface area contributed by atoms with E-state index in [9.17, 15) is 23.6 Å². The molecule has 0 spiro atoms. The van der Waals surface area contributed by atoms with Crippen LogP contribution in [0.25, 0.3) is 5.69 Å². The standard InChI is InChI=1S/C23H23FN6O4S/c24-17(13-5-7-35-8-6-13)10-25-21(32)18-12-30(28-27-18)15-1-2-16-14(9-15)11-29(23(16)34)19-3-4-20(31)26-22(19)33/h1-2,9,12,19H,3-8,10-11H2,(H,25,32)(H,26,31,33). The van der Waals surface area contributed by atoms with Crippen molar-refractivity contribution in [3.63, 3.8) is 0 Å². The Balaban J connectivity index is 1.26. The first-order chi connectivity index (χ1) is 16.9. The highest BCUT2D eigenvalue weighted by Gasteiger charge is 2.39. The average Bonchev–Trinajstić information content (AvgIpc) is 3.48. The summed E-state index contributed by atoms with van der Waals surface area (Å²) in [6.45, 7) is 0.0472. The van der Waals surface area contributed by atoms with Crippen LogP contribution in [0.3, 0.4) is 0 Å². The molecular weight excluding hydrogens is 475 g/mol. The van der Waals surface area contributed by atoms with Crippen molar-refractivity contribution < 1.29 is 23.6 Å². The summed E-state index contributed by atoms with van der Waals surface area (Å²) >= 11 is 1.79. The number of amides is 4. The van der Waals surface area contributed by atoms with Crippen LogP contribution in [0.2, 0.25) is 0 Å². The Hall–Kier alpha value is -3.54. The number of nitrogens with one attached hydrogen (secondary N) is 2. The van der Waals surface area contributed by atoms with E-state index in [0.29, 0.717) is 29.7 Å². The number of halogens is 1. The van der Waals surface area contributed by atoms with E-state index in [-0.39, 0.29) is 49.3 Å². The molecule has 0 bridgehead atoms. The molecule has 1 aromatic heterocycles. The van der Waals surface area contributed by atoms with Crippen LogP contribution >= 0.6 is 11.8 Å². The quantitative estimate of drug-likeness (QED) is 0.599. The van der Waals surface area contributed by atoms with Crippen molar-refractivity contribution in [2.24, 2.45) is 0 Å². The molecule has 1 aromatic carbocycles. The van der Waals surface area contributed by atoms with Crippen molar-refractivity contribution in [1.82, 2.24) is 30.5 Å². The molecule has 12 heteroatoms. The van der Waals surface area contributed by atoms with Gasteiger partial charge in [-0.15, -0.1) is 5.10 Å². The third kappa shape index (κ3) is 4.70. The molecule has 4 heterocycles. The Morgan fingerprint density at radius 2 is 2.00 bits per heavy atom. The number of nitrogens with zero attached hydrogens (tertiary/aromatic N) is 4. The number of carbonyl (C=O) groups excluding carboxylic acids is 4. The molecule has 2 saturated heterocycles. The fraction of sp³-hybridized carbons (Fsp3) is 0.391. The number of hydrogen-bond donors (Lipinski definition) is 2. The first-order valence-electron chi connectivity index (χ1n) is 11.3. The SMILES string of the molecule is O=C1CCC(N2Cc3cc(-n4cc(C(=O)NCC(F)=C5CCSCC5)nn4)ccc3C2=O)C(=O)N1. The van der Waals surface area contributed by atoms with Crippen molar-refractivity contribution in [1.29, 1.82) is 0 Å². The number of aromatic nitrogens is 3. The van der Waals surface area contributed by atoms with E-state index in [1.165, 1.54) is 15.8 Å². The van der Waals surface area contributed by atoms with Gasteiger partial charge in [0.15, 0.2) is 5.69 Å². The summed E-state index contributed by atoms with van der Waals surface area (Å²) in [4.78, 5) is 50.4.